The maximum atomic E-state index is 12.9. The van der Waals surface area contributed by atoms with Gasteiger partial charge in [-0.25, -0.2) is 0 Å². The third-order valence-electron chi connectivity index (χ3n) is 5.55. The number of benzene rings is 1. The minimum absolute atomic E-state index is 0.202. The number of ketones is 1. The SMILES string of the molecule is C[C@]12CCCC[C@@H]1CC/C(=C\c1ccc(C(F)(F)F)cc1)C2=O. The first-order valence-electron chi connectivity index (χ1n) is 8.23. The van der Waals surface area contributed by atoms with Crippen LogP contribution in [0.3, 0.4) is 0 Å². The summed E-state index contributed by atoms with van der Waals surface area (Å²) < 4.78 is 37.8. The van der Waals surface area contributed by atoms with Crippen molar-refractivity contribution in [1.29, 1.82) is 0 Å². The van der Waals surface area contributed by atoms with Crippen LogP contribution in [0.25, 0.3) is 6.08 Å². The Bertz CT molecular complexity index is 627. The molecular weight excluding hydrogens is 301 g/mol. The van der Waals surface area contributed by atoms with Crippen LogP contribution in [0, 0.1) is 11.3 Å². The summed E-state index contributed by atoms with van der Waals surface area (Å²) in [6, 6.07) is 5.03. The van der Waals surface area contributed by atoms with Crippen LogP contribution in [-0.4, -0.2) is 5.78 Å². The average Bonchev–Trinajstić information content (AvgIpc) is 2.51. The molecule has 0 heterocycles. The van der Waals surface area contributed by atoms with Gasteiger partial charge in [0.25, 0.3) is 0 Å². The fraction of sp³-hybridized carbons (Fsp3) is 0.526. The van der Waals surface area contributed by atoms with Crippen LogP contribution in [0.1, 0.15) is 56.6 Å². The molecule has 4 heteroatoms. The molecular formula is C19H21F3O. The van der Waals surface area contributed by atoms with Crippen LogP contribution in [0.15, 0.2) is 29.8 Å². The van der Waals surface area contributed by atoms with Gasteiger partial charge in [0, 0.05) is 5.41 Å². The van der Waals surface area contributed by atoms with E-state index in [0.717, 1.165) is 49.8 Å². The highest BCUT2D eigenvalue weighted by molar-refractivity contribution is 6.04. The van der Waals surface area contributed by atoms with Gasteiger partial charge in [-0.3, -0.25) is 4.79 Å². The van der Waals surface area contributed by atoms with E-state index in [0.29, 0.717) is 11.5 Å². The summed E-state index contributed by atoms with van der Waals surface area (Å²) >= 11 is 0. The monoisotopic (exact) mass is 322 g/mol. The van der Waals surface area contributed by atoms with E-state index < -0.39 is 11.7 Å². The van der Waals surface area contributed by atoms with Crippen molar-refractivity contribution in [2.24, 2.45) is 11.3 Å². The summed E-state index contributed by atoms with van der Waals surface area (Å²) in [5.41, 5.74) is 0.507. The number of hydrogen-bond acceptors (Lipinski definition) is 1. The van der Waals surface area contributed by atoms with E-state index in [1.807, 2.05) is 0 Å². The Kier molecular flexibility index (Phi) is 4.11. The van der Waals surface area contributed by atoms with Crippen LogP contribution in [-0.2, 0) is 11.0 Å². The van der Waals surface area contributed by atoms with Crippen molar-refractivity contribution >= 4 is 11.9 Å². The zero-order chi connectivity index (χ0) is 16.7. The summed E-state index contributed by atoms with van der Waals surface area (Å²) in [6.45, 7) is 2.07. The van der Waals surface area contributed by atoms with E-state index in [1.54, 1.807) is 6.08 Å². The molecule has 2 saturated carbocycles. The number of carbonyl (C=O) groups is 1. The van der Waals surface area contributed by atoms with Crippen molar-refractivity contribution < 1.29 is 18.0 Å². The van der Waals surface area contributed by atoms with Crippen LogP contribution < -0.4 is 0 Å². The number of rotatable bonds is 1. The van der Waals surface area contributed by atoms with Crippen molar-refractivity contribution in [2.75, 3.05) is 0 Å². The van der Waals surface area contributed by atoms with Crippen molar-refractivity contribution in [1.82, 2.24) is 0 Å². The average molecular weight is 322 g/mol. The number of alkyl halides is 3. The minimum atomic E-state index is -4.32. The Morgan fingerprint density at radius 1 is 1.13 bits per heavy atom. The standard InChI is InChI=1S/C19H21F3O/c1-18-11-3-2-4-15(18)10-7-14(17(18)23)12-13-5-8-16(9-6-13)19(20,21)22/h5-6,8-9,12,15H,2-4,7,10-11H2,1H3/b14-12+/t15-,18+/m1/s1. The predicted molar refractivity (Wildman–Crippen MR) is 83.7 cm³/mol. The van der Waals surface area contributed by atoms with E-state index >= 15 is 0 Å². The molecule has 2 fully saturated rings. The van der Waals surface area contributed by atoms with E-state index in [2.05, 4.69) is 6.92 Å². The molecule has 2 aliphatic carbocycles. The molecule has 0 amide bonds. The minimum Gasteiger partial charge on any atom is -0.294 e. The quantitative estimate of drug-likeness (QED) is 0.611. The molecule has 1 aromatic rings. The number of allylic oxidation sites excluding steroid dienone is 1. The molecule has 23 heavy (non-hydrogen) atoms. The van der Waals surface area contributed by atoms with Gasteiger partial charge in [-0.05, 0) is 60.9 Å². The second-order valence-corrected chi connectivity index (χ2v) is 7.02. The second kappa shape index (κ2) is 5.81. The predicted octanol–water partition coefficient (Wildman–Crippen LogP) is 5.65. The molecule has 0 radical (unpaired) electrons. The zero-order valence-corrected chi connectivity index (χ0v) is 13.2. The maximum absolute atomic E-state index is 12.9. The smallest absolute Gasteiger partial charge is 0.294 e. The molecule has 124 valence electrons. The lowest BCUT2D eigenvalue weighted by Crippen LogP contribution is -2.42. The first-order valence-corrected chi connectivity index (χ1v) is 8.23. The molecule has 2 aliphatic rings. The summed E-state index contributed by atoms with van der Waals surface area (Å²) in [7, 11) is 0. The fourth-order valence-corrected chi connectivity index (χ4v) is 4.08. The van der Waals surface area contributed by atoms with E-state index in [-0.39, 0.29) is 11.2 Å². The lowest BCUT2D eigenvalue weighted by molar-refractivity contribution is -0.137. The van der Waals surface area contributed by atoms with Gasteiger partial charge in [-0.2, -0.15) is 13.2 Å². The molecule has 0 aromatic heterocycles. The summed E-state index contributed by atoms with van der Waals surface area (Å²) in [5.74, 6) is 0.668. The van der Waals surface area contributed by atoms with Crippen LogP contribution >= 0.6 is 0 Å². The molecule has 0 bridgehead atoms. The highest BCUT2D eigenvalue weighted by Crippen LogP contribution is 2.49. The molecule has 0 spiro atoms. The summed E-state index contributed by atoms with van der Waals surface area (Å²) in [4.78, 5) is 12.9. The Hall–Kier alpha value is -1.58. The Morgan fingerprint density at radius 2 is 1.83 bits per heavy atom. The third kappa shape index (κ3) is 3.08. The van der Waals surface area contributed by atoms with Crippen molar-refractivity contribution in [3.63, 3.8) is 0 Å². The van der Waals surface area contributed by atoms with Crippen LogP contribution in [0.5, 0.6) is 0 Å². The van der Waals surface area contributed by atoms with Gasteiger partial charge in [0.1, 0.15) is 0 Å². The number of carbonyl (C=O) groups excluding carboxylic acids is 1. The van der Waals surface area contributed by atoms with Crippen molar-refractivity contribution in [3.05, 3.63) is 41.0 Å². The largest absolute Gasteiger partial charge is 0.416 e. The Morgan fingerprint density at radius 3 is 2.48 bits per heavy atom. The third-order valence-corrected chi connectivity index (χ3v) is 5.55. The number of fused-ring (bicyclic) bond motifs is 1. The lowest BCUT2D eigenvalue weighted by atomic mass is 9.58. The van der Waals surface area contributed by atoms with Crippen LogP contribution in [0.2, 0.25) is 0 Å². The molecule has 0 aliphatic heterocycles. The number of Topliss-reactive ketones (excluding diaryl/α,β-unsaturated/α-hetero) is 1. The Labute approximate surface area is 134 Å². The normalized spacial score (nSPS) is 30.3. The molecule has 2 atom stereocenters. The van der Waals surface area contributed by atoms with Gasteiger partial charge in [0.2, 0.25) is 0 Å². The van der Waals surface area contributed by atoms with Gasteiger partial charge in [0.05, 0.1) is 5.56 Å². The van der Waals surface area contributed by atoms with Gasteiger partial charge in [-0.1, -0.05) is 31.9 Å². The molecule has 0 saturated heterocycles. The molecule has 1 aromatic carbocycles. The number of halogens is 3. The highest BCUT2D eigenvalue weighted by atomic mass is 19.4. The maximum Gasteiger partial charge on any atom is 0.416 e. The van der Waals surface area contributed by atoms with E-state index in [9.17, 15) is 18.0 Å². The van der Waals surface area contributed by atoms with E-state index in [1.165, 1.54) is 18.6 Å². The van der Waals surface area contributed by atoms with Gasteiger partial charge in [0.15, 0.2) is 5.78 Å². The summed E-state index contributed by atoms with van der Waals surface area (Å²) in [5, 5.41) is 0. The van der Waals surface area contributed by atoms with E-state index in [4.69, 9.17) is 0 Å². The number of hydrogen-bond donors (Lipinski definition) is 0. The van der Waals surface area contributed by atoms with Gasteiger partial charge in [-0.15, -0.1) is 0 Å². The Balaban J connectivity index is 1.84. The highest BCUT2D eigenvalue weighted by Gasteiger charge is 2.46. The second-order valence-electron chi connectivity index (χ2n) is 7.02. The van der Waals surface area contributed by atoms with Crippen LogP contribution in [0.4, 0.5) is 13.2 Å². The van der Waals surface area contributed by atoms with Gasteiger partial charge >= 0.3 is 6.18 Å². The molecule has 1 nitrogen and oxygen atoms in total. The first kappa shape index (κ1) is 16.3. The molecule has 0 unspecified atom stereocenters. The van der Waals surface area contributed by atoms with Crippen molar-refractivity contribution in [2.45, 2.75) is 51.6 Å². The molecule has 3 rings (SSSR count). The zero-order valence-electron chi connectivity index (χ0n) is 13.2. The summed E-state index contributed by atoms with van der Waals surface area (Å²) in [6.07, 6.45) is 3.54. The molecule has 0 N–H and O–H groups in total. The lowest BCUT2D eigenvalue weighted by Gasteiger charge is -2.44. The topological polar surface area (TPSA) is 17.1 Å². The van der Waals surface area contributed by atoms with Gasteiger partial charge < -0.3 is 0 Å². The van der Waals surface area contributed by atoms with Crippen molar-refractivity contribution in [3.8, 4) is 0 Å². The first-order chi connectivity index (χ1) is 10.8. The fourth-order valence-electron chi connectivity index (χ4n) is 4.08.